The van der Waals surface area contributed by atoms with Crippen LogP contribution >= 0.6 is 0 Å². The van der Waals surface area contributed by atoms with Crippen LogP contribution in [0.2, 0.25) is 0 Å². The summed E-state index contributed by atoms with van der Waals surface area (Å²) in [5.74, 6) is -0.559. The SMILES string of the molecule is Cc1n[nH]c(C)c1CC(=O)Nc1cccc(F)c1. The molecule has 2 rings (SSSR count). The fourth-order valence-electron chi connectivity index (χ4n) is 1.77. The number of nitrogens with one attached hydrogen (secondary N) is 2. The third-order valence-electron chi connectivity index (χ3n) is 2.73. The van der Waals surface area contributed by atoms with Gasteiger partial charge in [0.1, 0.15) is 5.82 Å². The number of aryl methyl sites for hydroxylation is 2. The van der Waals surface area contributed by atoms with Crippen molar-refractivity contribution in [3.8, 4) is 0 Å². The van der Waals surface area contributed by atoms with Gasteiger partial charge in [-0.05, 0) is 32.0 Å². The number of hydrogen-bond donors (Lipinski definition) is 2. The van der Waals surface area contributed by atoms with Crippen LogP contribution in [0.4, 0.5) is 10.1 Å². The molecule has 0 bridgehead atoms. The van der Waals surface area contributed by atoms with Crippen molar-refractivity contribution in [3.05, 3.63) is 47.0 Å². The van der Waals surface area contributed by atoms with Crippen molar-refractivity contribution in [1.82, 2.24) is 10.2 Å². The van der Waals surface area contributed by atoms with Gasteiger partial charge in [0.25, 0.3) is 0 Å². The van der Waals surface area contributed by atoms with Gasteiger partial charge in [-0.25, -0.2) is 4.39 Å². The number of hydrogen-bond acceptors (Lipinski definition) is 2. The zero-order chi connectivity index (χ0) is 13.1. The zero-order valence-electron chi connectivity index (χ0n) is 10.2. The number of amides is 1. The van der Waals surface area contributed by atoms with Crippen molar-refractivity contribution in [1.29, 1.82) is 0 Å². The van der Waals surface area contributed by atoms with E-state index in [0.29, 0.717) is 5.69 Å². The Bertz CT molecular complexity index is 558. The second-order valence-electron chi connectivity index (χ2n) is 4.15. The fraction of sp³-hybridized carbons (Fsp3) is 0.231. The highest BCUT2D eigenvalue weighted by Gasteiger charge is 2.11. The second-order valence-corrected chi connectivity index (χ2v) is 4.15. The molecule has 0 saturated carbocycles. The van der Waals surface area contributed by atoms with Gasteiger partial charge in [-0.15, -0.1) is 0 Å². The van der Waals surface area contributed by atoms with Crippen LogP contribution in [0.15, 0.2) is 24.3 Å². The van der Waals surface area contributed by atoms with Crippen molar-refractivity contribution in [2.45, 2.75) is 20.3 Å². The van der Waals surface area contributed by atoms with E-state index in [1.165, 1.54) is 12.1 Å². The Morgan fingerprint density at radius 3 is 2.83 bits per heavy atom. The first-order valence-corrected chi connectivity index (χ1v) is 5.62. The number of carbonyl (C=O) groups is 1. The molecule has 94 valence electrons. The summed E-state index contributed by atoms with van der Waals surface area (Å²) in [5, 5.41) is 9.51. The molecule has 0 aliphatic rings. The lowest BCUT2D eigenvalue weighted by atomic mass is 10.1. The van der Waals surface area contributed by atoms with Crippen LogP contribution in [-0.4, -0.2) is 16.1 Å². The smallest absolute Gasteiger partial charge is 0.228 e. The number of aromatic amines is 1. The number of rotatable bonds is 3. The zero-order valence-corrected chi connectivity index (χ0v) is 10.2. The Labute approximate surface area is 104 Å². The summed E-state index contributed by atoms with van der Waals surface area (Å²) >= 11 is 0. The van der Waals surface area contributed by atoms with E-state index in [-0.39, 0.29) is 18.1 Å². The monoisotopic (exact) mass is 247 g/mol. The minimum Gasteiger partial charge on any atom is -0.326 e. The number of anilines is 1. The summed E-state index contributed by atoms with van der Waals surface area (Å²) in [6, 6.07) is 5.82. The molecular weight excluding hydrogens is 233 g/mol. The molecule has 1 heterocycles. The lowest BCUT2D eigenvalue weighted by molar-refractivity contribution is -0.115. The molecule has 4 nitrogen and oxygen atoms in total. The minimum atomic E-state index is -0.372. The molecule has 0 radical (unpaired) electrons. The molecule has 0 spiro atoms. The van der Waals surface area contributed by atoms with Gasteiger partial charge in [-0.1, -0.05) is 6.07 Å². The molecule has 0 unspecified atom stereocenters. The van der Waals surface area contributed by atoms with Gasteiger partial charge in [0.15, 0.2) is 0 Å². The molecule has 1 aromatic carbocycles. The van der Waals surface area contributed by atoms with Gasteiger partial charge in [0.2, 0.25) is 5.91 Å². The highest BCUT2D eigenvalue weighted by atomic mass is 19.1. The molecule has 18 heavy (non-hydrogen) atoms. The van der Waals surface area contributed by atoms with Crippen molar-refractivity contribution in [2.24, 2.45) is 0 Å². The average Bonchev–Trinajstić information content (AvgIpc) is 2.61. The lowest BCUT2D eigenvalue weighted by Crippen LogP contribution is -2.15. The third kappa shape index (κ3) is 2.74. The molecule has 1 amide bonds. The van der Waals surface area contributed by atoms with E-state index in [0.717, 1.165) is 17.0 Å². The number of halogens is 1. The summed E-state index contributed by atoms with van der Waals surface area (Å²) in [4.78, 5) is 11.8. The van der Waals surface area contributed by atoms with Gasteiger partial charge < -0.3 is 5.32 Å². The molecule has 2 aromatic rings. The quantitative estimate of drug-likeness (QED) is 0.874. The van der Waals surface area contributed by atoms with Crippen LogP contribution in [-0.2, 0) is 11.2 Å². The lowest BCUT2D eigenvalue weighted by Gasteiger charge is -2.05. The molecule has 0 fully saturated rings. The Balaban J connectivity index is 2.06. The van der Waals surface area contributed by atoms with Crippen LogP contribution in [0.1, 0.15) is 17.0 Å². The van der Waals surface area contributed by atoms with Gasteiger partial charge >= 0.3 is 0 Å². The Morgan fingerprint density at radius 2 is 2.22 bits per heavy atom. The molecular formula is C13H14FN3O. The standard InChI is InChI=1S/C13H14FN3O/c1-8-12(9(2)17-16-8)7-13(18)15-11-5-3-4-10(14)6-11/h3-6H,7H2,1-2H3,(H,15,18)(H,16,17). The highest BCUT2D eigenvalue weighted by Crippen LogP contribution is 2.13. The van der Waals surface area contributed by atoms with E-state index in [1.807, 2.05) is 13.8 Å². The first kappa shape index (κ1) is 12.3. The second kappa shape index (κ2) is 5.00. The molecule has 0 aliphatic carbocycles. The molecule has 0 aliphatic heterocycles. The van der Waals surface area contributed by atoms with E-state index in [1.54, 1.807) is 12.1 Å². The minimum absolute atomic E-state index is 0.187. The van der Waals surface area contributed by atoms with Crippen LogP contribution in [0.3, 0.4) is 0 Å². The summed E-state index contributed by atoms with van der Waals surface area (Å²) in [6.45, 7) is 3.71. The molecule has 2 N–H and O–H groups in total. The van der Waals surface area contributed by atoms with Gasteiger partial charge in [-0.2, -0.15) is 5.10 Å². The predicted octanol–water partition coefficient (Wildman–Crippen LogP) is 2.35. The number of carbonyl (C=O) groups excluding carboxylic acids is 1. The topological polar surface area (TPSA) is 57.8 Å². The van der Waals surface area contributed by atoms with Crippen molar-refractivity contribution < 1.29 is 9.18 Å². The van der Waals surface area contributed by atoms with Crippen molar-refractivity contribution in [3.63, 3.8) is 0 Å². The molecule has 1 aromatic heterocycles. The largest absolute Gasteiger partial charge is 0.326 e. The highest BCUT2D eigenvalue weighted by molar-refractivity contribution is 5.92. The van der Waals surface area contributed by atoms with Crippen LogP contribution in [0.5, 0.6) is 0 Å². The maximum Gasteiger partial charge on any atom is 0.228 e. The van der Waals surface area contributed by atoms with E-state index in [2.05, 4.69) is 15.5 Å². The van der Waals surface area contributed by atoms with Gasteiger partial charge in [0, 0.05) is 16.9 Å². The Kier molecular flexibility index (Phi) is 3.41. The number of nitrogens with zero attached hydrogens (tertiary/aromatic N) is 1. The van der Waals surface area contributed by atoms with Gasteiger partial charge in [0.05, 0.1) is 12.1 Å². The fourth-order valence-corrected chi connectivity index (χ4v) is 1.77. The van der Waals surface area contributed by atoms with E-state index >= 15 is 0 Å². The van der Waals surface area contributed by atoms with E-state index in [4.69, 9.17) is 0 Å². The van der Waals surface area contributed by atoms with Crippen LogP contribution in [0.25, 0.3) is 0 Å². The van der Waals surface area contributed by atoms with Crippen LogP contribution in [0, 0.1) is 19.7 Å². The van der Waals surface area contributed by atoms with E-state index in [9.17, 15) is 9.18 Å². The normalized spacial score (nSPS) is 10.4. The van der Waals surface area contributed by atoms with Crippen molar-refractivity contribution in [2.75, 3.05) is 5.32 Å². The van der Waals surface area contributed by atoms with E-state index < -0.39 is 0 Å². The molecule has 5 heteroatoms. The average molecular weight is 247 g/mol. The van der Waals surface area contributed by atoms with Crippen molar-refractivity contribution >= 4 is 11.6 Å². The number of benzene rings is 1. The molecule has 0 atom stereocenters. The van der Waals surface area contributed by atoms with Gasteiger partial charge in [-0.3, -0.25) is 9.89 Å². The first-order valence-electron chi connectivity index (χ1n) is 5.62. The first-order chi connectivity index (χ1) is 8.56. The number of H-pyrrole nitrogens is 1. The predicted molar refractivity (Wildman–Crippen MR) is 66.8 cm³/mol. The third-order valence-corrected chi connectivity index (χ3v) is 2.73. The van der Waals surface area contributed by atoms with Crippen LogP contribution < -0.4 is 5.32 Å². The summed E-state index contributed by atoms with van der Waals surface area (Å²) in [7, 11) is 0. The maximum absolute atomic E-state index is 13.0. The summed E-state index contributed by atoms with van der Waals surface area (Å²) in [5.41, 5.74) is 3.02. The maximum atomic E-state index is 13.0. The summed E-state index contributed by atoms with van der Waals surface area (Å²) < 4.78 is 13.0. The summed E-state index contributed by atoms with van der Waals surface area (Å²) in [6.07, 6.45) is 0.227. The molecule has 0 saturated heterocycles. The number of aromatic nitrogens is 2. The Morgan fingerprint density at radius 1 is 1.44 bits per heavy atom. The Hall–Kier alpha value is -2.17.